The summed E-state index contributed by atoms with van der Waals surface area (Å²) >= 11 is 1.27. The van der Waals surface area contributed by atoms with Gasteiger partial charge in [-0.3, -0.25) is 14.2 Å². The minimum absolute atomic E-state index is 0.147. The molecule has 1 aliphatic heterocycles. The van der Waals surface area contributed by atoms with Gasteiger partial charge in [0.15, 0.2) is 16.3 Å². The van der Waals surface area contributed by atoms with Crippen molar-refractivity contribution in [1.29, 1.82) is 0 Å². The molecule has 3 aromatic rings. The molecule has 0 spiro atoms. The number of likely N-dealkylation sites (N-methyl/N-ethyl adjacent to an activating group) is 1. The minimum atomic E-state index is -0.685. The third kappa shape index (κ3) is 4.67. The Morgan fingerprint density at radius 3 is 2.35 bits per heavy atom. The van der Waals surface area contributed by atoms with Crippen LogP contribution in [-0.2, 0) is 4.79 Å². The predicted octanol–water partition coefficient (Wildman–Crippen LogP) is 3.13. The lowest BCUT2D eigenvalue weighted by molar-refractivity contribution is -0.127. The highest BCUT2D eigenvalue weighted by atomic mass is 32.1. The highest BCUT2D eigenvalue weighted by Crippen LogP contribution is 2.36. The number of ether oxygens (including phenoxy) is 3. The molecule has 1 aromatic heterocycles. The Morgan fingerprint density at radius 2 is 1.70 bits per heavy atom. The van der Waals surface area contributed by atoms with E-state index < -0.39 is 6.04 Å². The molecule has 1 aliphatic rings. The van der Waals surface area contributed by atoms with E-state index in [1.807, 2.05) is 57.2 Å². The summed E-state index contributed by atoms with van der Waals surface area (Å²) in [7, 11) is 4.72. The molecule has 0 unspecified atom stereocenters. The quantitative estimate of drug-likeness (QED) is 0.455. The van der Waals surface area contributed by atoms with Crippen molar-refractivity contribution in [3.63, 3.8) is 0 Å². The Bertz CT molecular complexity index is 1530. The molecule has 4 rings (SSSR count). The van der Waals surface area contributed by atoms with Gasteiger partial charge in [-0.05, 0) is 39.0 Å². The van der Waals surface area contributed by atoms with Crippen molar-refractivity contribution < 1.29 is 19.0 Å². The highest BCUT2D eigenvalue weighted by Gasteiger charge is 2.35. The average Bonchev–Trinajstić information content (AvgIpc) is 3.22. The van der Waals surface area contributed by atoms with Gasteiger partial charge in [-0.1, -0.05) is 41.7 Å². The summed E-state index contributed by atoms with van der Waals surface area (Å²) < 4.78 is 18.7. The molecule has 0 fully saturated rings. The van der Waals surface area contributed by atoms with Gasteiger partial charge >= 0.3 is 0 Å². The molecule has 0 saturated heterocycles. The predicted molar refractivity (Wildman–Crippen MR) is 144 cm³/mol. The summed E-state index contributed by atoms with van der Waals surface area (Å²) in [5.41, 5.74) is 2.23. The second-order valence-electron chi connectivity index (χ2n) is 8.38. The Hall–Kier alpha value is -3.85. The maximum atomic E-state index is 14.0. The van der Waals surface area contributed by atoms with E-state index in [9.17, 15) is 9.59 Å². The van der Waals surface area contributed by atoms with E-state index in [0.29, 0.717) is 56.5 Å². The summed E-state index contributed by atoms with van der Waals surface area (Å²) in [6.45, 7) is 6.79. The van der Waals surface area contributed by atoms with Crippen LogP contribution >= 0.6 is 11.3 Å². The number of benzene rings is 2. The molecule has 2 aromatic carbocycles. The van der Waals surface area contributed by atoms with E-state index in [-0.39, 0.29) is 11.5 Å². The first-order valence-corrected chi connectivity index (χ1v) is 12.9. The smallest absolute Gasteiger partial charge is 0.271 e. The summed E-state index contributed by atoms with van der Waals surface area (Å²) in [4.78, 5) is 34.7. The number of para-hydroxylation sites is 2. The zero-order valence-electron chi connectivity index (χ0n) is 21.9. The SMILES string of the molecule is CCN(CC)C(=O)C1=C(C)N=c2s/c(=C/c3cccc(OC)c3OC)c(=O)n2[C@@H]1c1ccccc1OC. The van der Waals surface area contributed by atoms with Crippen LogP contribution in [0.25, 0.3) is 6.08 Å². The zero-order valence-corrected chi connectivity index (χ0v) is 22.7. The van der Waals surface area contributed by atoms with Crippen molar-refractivity contribution in [2.45, 2.75) is 26.8 Å². The van der Waals surface area contributed by atoms with Crippen LogP contribution in [0.3, 0.4) is 0 Å². The maximum Gasteiger partial charge on any atom is 0.271 e. The van der Waals surface area contributed by atoms with Crippen molar-refractivity contribution >= 4 is 23.3 Å². The Balaban J connectivity index is 2.01. The van der Waals surface area contributed by atoms with Crippen LogP contribution in [-0.4, -0.2) is 49.8 Å². The van der Waals surface area contributed by atoms with E-state index in [1.54, 1.807) is 42.9 Å². The van der Waals surface area contributed by atoms with Gasteiger partial charge in [0.25, 0.3) is 11.5 Å². The molecular formula is C28H31N3O5S. The number of hydrogen-bond donors (Lipinski definition) is 0. The molecule has 0 saturated carbocycles. The van der Waals surface area contributed by atoms with Crippen LogP contribution < -0.4 is 29.1 Å². The van der Waals surface area contributed by atoms with Gasteiger partial charge in [0.2, 0.25) is 0 Å². The van der Waals surface area contributed by atoms with Crippen LogP contribution in [0.4, 0.5) is 0 Å². The molecule has 0 aliphatic carbocycles. The number of amides is 1. The van der Waals surface area contributed by atoms with Crippen LogP contribution in [0.15, 0.2) is 63.5 Å². The van der Waals surface area contributed by atoms with Gasteiger partial charge < -0.3 is 19.1 Å². The normalized spacial score (nSPS) is 15.2. The topological polar surface area (TPSA) is 82.4 Å². The van der Waals surface area contributed by atoms with E-state index in [4.69, 9.17) is 19.2 Å². The molecule has 194 valence electrons. The van der Waals surface area contributed by atoms with Gasteiger partial charge in [0.05, 0.1) is 37.1 Å². The van der Waals surface area contributed by atoms with Crippen molar-refractivity contribution in [3.05, 3.63) is 84.5 Å². The van der Waals surface area contributed by atoms with Crippen molar-refractivity contribution in [1.82, 2.24) is 9.47 Å². The number of methoxy groups -OCH3 is 3. The van der Waals surface area contributed by atoms with E-state index in [0.717, 1.165) is 5.56 Å². The first-order valence-electron chi connectivity index (χ1n) is 12.1. The minimum Gasteiger partial charge on any atom is -0.496 e. The van der Waals surface area contributed by atoms with E-state index in [1.165, 1.54) is 11.3 Å². The molecule has 0 N–H and O–H groups in total. The molecule has 9 heteroatoms. The second kappa shape index (κ2) is 11.0. The number of thiazole rings is 1. The second-order valence-corrected chi connectivity index (χ2v) is 9.39. The van der Waals surface area contributed by atoms with E-state index in [2.05, 4.69) is 0 Å². The van der Waals surface area contributed by atoms with Gasteiger partial charge in [-0.25, -0.2) is 4.99 Å². The Morgan fingerprint density at radius 1 is 1.03 bits per heavy atom. The van der Waals surface area contributed by atoms with E-state index >= 15 is 0 Å². The van der Waals surface area contributed by atoms with Gasteiger partial charge in [-0.15, -0.1) is 0 Å². The molecule has 8 nitrogen and oxygen atoms in total. The fraction of sp³-hybridized carbons (Fsp3) is 0.321. The summed E-state index contributed by atoms with van der Waals surface area (Å²) in [6, 6.07) is 12.3. The lowest BCUT2D eigenvalue weighted by Gasteiger charge is -2.29. The fourth-order valence-electron chi connectivity index (χ4n) is 4.63. The van der Waals surface area contributed by atoms with Crippen LogP contribution in [0, 0.1) is 0 Å². The monoisotopic (exact) mass is 521 g/mol. The van der Waals surface area contributed by atoms with Crippen LogP contribution in [0.2, 0.25) is 0 Å². The first kappa shape index (κ1) is 26.2. The standard InChI is InChI=1S/C28H31N3O5S/c1-7-30(8-2)27(33)23-17(3)29-28-31(24(23)19-13-9-10-14-20(19)34-4)26(32)22(37-28)16-18-12-11-15-21(35-5)25(18)36-6/h9-16,24H,7-8H2,1-6H3/b22-16+/t24-/m1/s1. The highest BCUT2D eigenvalue weighted by molar-refractivity contribution is 7.07. The summed E-state index contributed by atoms with van der Waals surface area (Å²) in [6.07, 6.45) is 1.77. The lowest BCUT2D eigenvalue weighted by atomic mass is 9.94. The molecular weight excluding hydrogens is 490 g/mol. The van der Waals surface area contributed by atoms with Crippen molar-refractivity contribution in [2.24, 2.45) is 4.99 Å². The first-order chi connectivity index (χ1) is 17.9. The molecule has 37 heavy (non-hydrogen) atoms. The fourth-order valence-corrected chi connectivity index (χ4v) is 5.67. The molecule has 0 bridgehead atoms. The number of allylic oxidation sites excluding steroid dienone is 1. The van der Waals surface area contributed by atoms with Crippen LogP contribution in [0.5, 0.6) is 17.2 Å². The zero-order chi connectivity index (χ0) is 26.7. The number of rotatable bonds is 8. The number of hydrogen-bond acceptors (Lipinski definition) is 7. The summed E-state index contributed by atoms with van der Waals surface area (Å²) in [5.74, 6) is 1.55. The maximum absolute atomic E-state index is 14.0. The van der Waals surface area contributed by atoms with Gasteiger partial charge in [-0.2, -0.15) is 0 Å². The largest absolute Gasteiger partial charge is 0.496 e. The van der Waals surface area contributed by atoms with Crippen molar-refractivity contribution in [2.75, 3.05) is 34.4 Å². The third-order valence-electron chi connectivity index (χ3n) is 6.46. The summed E-state index contributed by atoms with van der Waals surface area (Å²) in [5, 5.41) is 0. The molecule has 2 heterocycles. The Kier molecular flexibility index (Phi) is 7.83. The van der Waals surface area contributed by atoms with Gasteiger partial charge in [0.1, 0.15) is 11.8 Å². The average molecular weight is 522 g/mol. The number of nitrogens with zero attached hydrogens (tertiary/aromatic N) is 3. The number of carbonyl (C=O) groups excluding carboxylic acids is 1. The number of fused-ring (bicyclic) bond motifs is 1. The lowest BCUT2D eigenvalue weighted by Crippen LogP contribution is -2.43. The van der Waals surface area contributed by atoms with Gasteiger partial charge in [0, 0.05) is 24.2 Å². The molecule has 0 radical (unpaired) electrons. The number of aromatic nitrogens is 1. The van der Waals surface area contributed by atoms with Crippen molar-refractivity contribution in [3.8, 4) is 17.2 Å². The molecule has 1 amide bonds. The number of carbonyl (C=O) groups is 1. The Labute approximate surface area is 219 Å². The molecule has 1 atom stereocenters. The third-order valence-corrected chi connectivity index (χ3v) is 7.44. The van der Waals surface area contributed by atoms with Crippen LogP contribution in [0.1, 0.15) is 37.9 Å².